The van der Waals surface area contributed by atoms with E-state index in [0.717, 1.165) is 6.54 Å². The van der Waals surface area contributed by atoms with Gasteiger partial charge in [0.2, 0.25) is 0 Å². The molecule has 1 heterocycles. The van der Waals surface area contributed by atoms with Crippen molar-refractivity contribution in [2.45, 2.75) is 18.9 Å². The third-order valence-electron chi connectivity index (χ3n) is 3.46. The van der Waals surface area contributed by atoms with Crippen molar-refractivity contribution in [1.29, 1.82) is 0 Å². The van der Waals surface area contributed by atoms with Gasteiger partial charge in [0.15, 0.2) is 0 Å². The molecule has 0 saturated carbocycles. The summed E-state index contributed by atoms with van der Waals surface area (Å²) in [7, 11) is 0. The van der Waals surface area contributed by atoms with E-state index in [2.05, 4.69) is 53.1 Å². The monoisotopic (exact) mass is 226 g/mol. The van der Waals surface area contributed by atoms with Crippen LogP contribution < -0.4 is 10.6 Å². The smallest absolute Gasteiger partial charge is 0.0347 e. The first-order valence-corrected chi connectivity index (χ1v) is 6.38. The van der Waals surface area contributed by atoms with Crippen LogP contribution >= 0.6 is 0 Å². The van der Waals surface area contributed by atoms with Gasteiger partial charge in [0, 0.05) is 18.3 Å². The summed E-state index contributed by atoms with van der Waals surface area (Å²) < 4.78 is 0. The summed E-state index contributed by atoms with van der Waals surface area (Å²) in [6.45, 7) is 2.20. The third kappa shape index (κ3) is 2.42. The van der Waals surface area contributed by atoms with E-state index in [0.29, 0.717) is 6.04 Å². The van der Waals surface area contributed by atoms with E-state index in [1.165, 1.54) is 35.8 Å². The van der Waals surface area contributed by atoms with Crippen molar-refractivity contribution in [3.63, 3.8) is 0 Å². The summed E-state index contributed by atoms with van der Waals surface area (Å²) in [6, 6.07) is 15.7. The summed E-state index contributed by atoms with van der Waals surface area (Å²) in [6.07, 6.45) is 2.60. The molecule has 2 aromatic rings. The van der Waals surface area contributed by atoms with Gasteiger partial charge in [0.25, 0.3) is 0 Å². The standard InChI is InChI=1S/C15H18N2/c1-2-5-13-10-14(8-7-12(13)4-1)17-11-15-6-3-9-16-15/h1-2,4-5,7-8,10,15-17H,3,6,9,11H2/t15-/m0/s1. The zero-order valence-corrected chi connectivity index (χ0v) is 9.95. The minimum Gasteiger partial charge on any atom is -0.383 e. The van der Waals surface area contributed by atoms with Gasteiger partial charge in [-0.05, 0) is 42.3 Å². The van der Waals surface area contributed by atoms with Crippen LogP contribution in [0.1, 0.15) is 12.8 Å². The van der Waals surface area contributed by atoms with Gasteiger partial charge in [-0.15, -0.1) is 0 Å². The SMILES string of the molecule is c1ccc2cc(NC[C@@H]3CCCN3)ccc2c1. The van der Waals surface area contributed by atoms with Crippen LogP contribution in [-0.4, -0.2) is 19.1 Å². The fraction of sp³-hybridized carbons (Fsp3) is 0.333. The van der Waals surface area contributed by atoms with Crippen LogP contribution in [0.5, 0.6) is 0 Å². The summed E-state index contributed by atoms with van der Waals surface area (Å²) in [5, 5.41) is 9.62. The lowest BCUT2D eigenvalue weighted by Crippen LogP contribution is -2.29. The Morgan fingerprint density at radius 1 is 1.12 bits per heavy atom. The molecular formula is C15H18N2. The number of fused-ring (bicyclic) bond motifs is 1. The molecule has 0 amide bonds. The van der Waals surface area contributed by atoms with Crippen LogP contribution in [0.25, 0.3) is 10.8 Å². The largest absolute Gasteiger partial charge is 0.383 e. The second-order valence-electron chi connectivity index (χ2n) is 4.74. The third-order valence-corrected chi connectivity index (χ3v) is 3.46. The molecule has 2 aromatic carbocycles. The molecule has 2 heteroatoms. The van der Waals surface area contributed by atoms with Gasteiger partial charge < -0.3 is 10.6 Å². The molecule has 1 fully saturated rings. The molecule has 1 aliphatic rings. The fourth-order valence-corrected chi connectivity index (χ4v) is 2.47. The minimum absolute atomic E-state index is 0.640. The second kappa shape index (κ2) is 4.76. The molecule has 1 aliphatic heterocycles. The normalized spacial score (nSPS) is 19.6. The molecule has 88 valence electrons. The van der Waals surface area contributed by atoms with Crippen LogP contribution in [0.4, 0.5) is 5.69 Å². The minimum atomic E-state index is 0.640. The van der Waals surface area contributed by atoms with Gasteiger partial charge in [-0.25, -0.2) is 0 Å². The topological polar surface area (TPSA) is 24.1 Å². The lowest BCUT2D eigenvalue weighted by Gasteiger charge is -2.13. The maximum absolute atomic E-state index is 3.52. The Morgan fingerprint density at radius 2 is 2.00 bits per heavy atom. The van der Waals surface area contributed by atoms with Gasteiger partial charge >= 0.3 is 0 Å². The lowest BCUT2D eigenvalue weighted by molar-refractivity contribution is 0.633. The molecule has 2 nitrogen and oxygen atoms in total. The van der Waals surface area contributed by atoms with Crippen LogP contribution in [0, 0.1) is 0 Å². The molecule has 3 rings (SSSR count). The number of hydrogen-bond acceptors (Lipinski definition) is 2. The Bertz CT molecular complexity index is 501. The van der Waals surface area contributed by atoms with E-state index in [4.69, 9.17) is 0 Å². The van der Waals surface area contributed by atoms with Gasteiger partial charge in [-0.2, -0.15) is 0 Å². The van der Waals surface area contributed by atoms with Crippen LogP contribution in [0.15, 0.2) is 42.5 Å². The Balaban J connectivity index is 1.72. The van der Waals surface area contributed by atoms with Gasteiger partial charge in [0.05, 0.1) is 0 Å². The van der Waals surface area contributed by atoms with Crippen molar-refractivity contribution in [3.8, 4) is 0 Å². The molecule has 0 radical (unpaired) electrons. The Labute approximate surface area is 102 Å². The summed E-state index contributed by atoms with van der Waals surface area (Å²) >= 11 is 0. The zero-order chi connectivity index (χ0) is 11.5. The van der Waals surface area contributed by atoms with E-state index in [9.17, 15) is 0 Å². The highest BCUT2D eigenvalue weighted by molar-refractivity contribution is 5.85. The Morgan fingerprint density at radius 3 is 2.82 bits per heavy atom. The highest BCUT2D eigenvalue weighted by atomic mass is 15.0. The molecule has 17 heavy (non-hydrogen) atoms. The zero-order valence-electron chi connectivity index (χ0n) is 9.95. The number of nitrogens with one attached hydrogen (secondary N) is 2. The Hall–Kier alpha value is -1.54. The molecule has 2 N–H and O–H groups in total. The van der Waals surface area contributed by atoms with Crippen molar-refractivity contribution >= 4 is 16.5 Å². The van der Waals surface area contributed by atoms with Crippen LogP contribution in [-0.2, 0) is 0 Å². The summed E-state index contributed by atoms with van der Waals surface area (Å²) in [5.41, 5.74) is 1.22. The predicted molar refractivity (Wildman–Crippen MR) is 73.5 cm³/mol. The molecule has 0 aliphatic carbocycles. The van der Waals surface area contributed by atoms with E-state index in [1.54, 1.807) is 0 Å². The molecule has 0 unspecified atom stereocenters. The highest BCUT2D eigenvalue weighted by Crippen LogP contribution is 2.19. The van der Waals surface area contributed by atoms with Crippen molar-refractivity contribution in [1.82, 2.24) is 5.32 Å². The summed E-state index contributed by atoms with van der Waals surface area (Å²) in [4.78, 5) is 0. The molecule has 1 atom stereocenters. The Kier molecular flexibility index (Phi) is 2.97. The van der Waals surface area contributed by atoms with Crippen molar-refractivity contribution < 1.29 is 0 Å². The lowest BCUT2D eigenvalue weighted by atomic mass is 10.1. The van der Waals surface area contributed by atoms with E-state index < -0.39 is 0 Å². The van der Waals surface area contributed by atoms with E-state index in [-0.39, 0.29) is 0 Å². The first kappa shape index (κ1) is 10.6. The maximum atomic E-state index is 3.52. The number of benzene rings is 2. The number of rotatable bonds is 3. The average Bonchev–Trinajstić information content (AvgIpc) is 2.89. The molecule has 0 spiro atoms. The molecule has 0 bridgehead atoms. The first-order valence-electron chi connectivity index (χ1n) is 6.38. The second-order valence-corrected chi connectivity index (χ2v) is 4.74. The molecular weight excluding hydrogens is 208 g/mol. The molecule has 1 saturated heterocycles. The quantitative estimate of drug-likeness (QED) is 0.840. The van der Waals surface area contributed by atoms with Gasteiger partial charge in [0.1, 0.15) is 0 Å². The van der Waals surface area contributed by atoms with Crippen LogP contribution in [0.2, 0.25) is 0 Å². The molecule has 0 aromatic heterocycles. The summed E-state index contributed by atoms with van der Waals surface area (Å²) in [5.74, 6) is 0. The van der Waals surface area contributed by atoms with Crippen molar-refractivity contribution in [3.05, 3.63) is 42.5 Å². The van der Waals surface area contributed by atoms with E-state index in [1.807, 2.05) is 0 Å². The van der Waals surface area contributed by atoms with Crippen molar-refractivity contribution in [2.24, 2.45) is 0 Å². The fourth-order valence-electron chi connectivity index (χ4n) is 2.47. The van der Waals surface area contributed by atoms with Crippen molar-refractivity contribution in [2.75, 3.05) is 18.4 Å². The van der Waals surface area contributed by atoms with Gasteiger partial charge in [-0.3, -0.25) is 0 Å². The average molecular weight is 226 g/mol. The maximum Gasteiger partial charge on any atom is 0.0347 e. The number of anilines is 1. The van der Waals surface area contributed by atoms with E-state index >= 15 is 0 Å². The predicted octanol–water partition coefficient (Wildman–Crippen LogP) is 3.00. The highest BCUT2D eigenvalue weighted by Gasteiger charge is 2.12. The van der Waals surface area contributed by atoms with Gasteiger partial charge in [-0.1, -0.05) is 30.3 Å². The first-order chi connectivity index (χ1) is 8.42. The number of hydrogen-bond donors (Lipinski definition) is 2. The van der Waals surface area contributed by atoms with Crippen LogP contribution in [0.3, 0.4) is 0 Å².